The third kappa shape index (κ3) is 6.40. The third-order valence-corrected chi connectivity index (χ3v) is 5.72. The van der Waals surface area contributed by atoms with E-state index in [1.807, 2.05) is 45.7 Å². The Kier molecular flexibility index (Phi) is 8.57. The molecule has 0 atom stereocenters. The number of aromatic nitrogens is 2. The fraction of sp³-hybridized carbons (Fsp3) is 0.381. The maximum absolute atomic E-state index is 12.0. The summed E-state index contributed by atoms with van der Waals surface area (Å²) < 4.78 is 5.60. The highest BCUT2D eigenvalue weighted by atomic mass is 31.1. The number of methoxy groups -OCH3 is 1. The van der Waals surface area contributed by atoms with Gasteiger partial charge in [-0.15, -0.1) is 0 Å². The molecule has 0 saturated heterocycles. The van der Waals surface area contributed by atoms with Crippen molar-refractivity contribution in [2.24, 2.45) is 0 Å². The highest BCUT2D eigenvalue weighted by Crippen LogP contribution is 2.37. The quantitative estimate of drug-likeness (QED) is 0.443. The van der Waals surface area contributed by atoms with Crippen LogP contribution in [0.4, 0.5) is 23.0 Å². The van der Waals surface area contributed by atoms with E-state index >= 15 is 0 Å². The monoisotopic (exact) mass is 430 g/mol. The summed E-state index contributed by atoms with van der Waals surface area (Å²) in [7, 11) is 7.37. The Hall–Kier alpha value is -2.70. The van der Waals surface area contributed by atoms with Crippen molar-refractivity contribution in [2.75, 3.05) is 70.2 Å². The summed E-state index contributed by atoms with van der Waals surface area (Å²) in [5.41, 5.74) is 2.14. The lowest BCUT2D eigenvalue weighted by Gasteiger charge is -2.26. The molecule has 1 amide bonds. The summed E-state index contributed by atoms with van der Waals surface area (Å²) in [5, 5.41) is 7.20. The molecule has 162 valence electrons. The number of nitrogens with one attached hydrogen (secondary N) is 2. The Balaban J connectivity index is 2.40. The van der Waals surface area contributed by atoms with Crippen LogP contribution >= 0.6 is 7.92 Å². The average molecular weight is 430 g/mol. The average Bonchev–Trinajstić information content (AvgIpc) is 2.72. The highest BCUT2D eigenvalue weighted by molar-refractivity contribution is 7.64. The van der Waals surface area contributed by atoms with Gasteiger partial charge in [0.15, 0.2) is 0 Å². The standard InChI is InChI=1S/C21H31N6O2P/c1-8-20(28)24-16-11-17(25-21-22-13-15(14-23-21)30(6)7)19(29-5)12-18(16)27(4)10-9-26(2)3/h8,11-14H,1,9-10H2,2-7H3,(H,24,28)(H,22,23,25). The number of amides is 1. The normalized spacial score (nSPS) is 10.8. The van der Waals surface area contributed by atoms with Crippen molar-refractivity contribution in [3.05, 3.63) is 37.2 Å². The molecule has 1 aromatic carbocycles. The molecule has 0 aliphatic carbocycles. The van der Waals surface area contributed by atoms with Crippen molar-refractivity contribution >= 4 is 42.1 Å². The summed E-state index contributed by atoms with van der Waals surface area (Å²) in [4.78, 5) is 25.0. The van der Waals surface area contributed by atoms with Gasteiger partial charge in [0, 0.05) is 43.9 Å². The zero-order chi connectivity index (χ0) is 22.3. The van der Waals surface area contributed by atoms with Gasteiger partial charge >= 0.3 is 0 Å². The Morgan fingerprint density at radius 2 is 1.83 bits per heavy atom. The van der Waals surface area contributed by atoms with Gasteiger partial charge in [-0.3, -0.25) is 4.79 Å². The molecule has 2 N–H and O–H groups in total. The minimum Gasteiger partial charge on any atom is -0.494 e. The summed E-state index contributed by atoms with van der Waals surface area (Å²) >= 11 is 0. The first-order valence-corrected chi connectivity index (χ1v) is 11.8. The topological polar surface area (TPSA) is 82.6 Å². The molecule has 30 heavy (non-hydrogen) atoms. The molecular formula is C21H31N6O2P. The van der Waals surface area contributed by atoms with E-state index in [1.54, 1.807) is 7.11 Å². The van der Waals surface area contributed by atoms with E-state index < -0.39 is 0 Å². The minimum atomic E-state index is -0.284. The SMILES string of the molecule is C=CC(=O)Nc1cc(Nc2ncc(P(C)C)cn2)c(OC)cc1N(C)CCN(C)C. The molecule has 0 saturated carbocycles. The second-order valence-electron chi connectivity index (χ2n) is 7.27. The lowest BCUT2D eigenvalue weighted by atomic mass is 10.2. The number of ether oxygens (including phenoxy) is 1. The van der Waals surface area contributed by atoms with Gasteiger partial charge < -0.3 is 25.2 Å². The maximum atomic E-state index is 12.0. The van der Waals surface area contributed by atoms with Crippen molar-refractivity contribution in [1.29, 1.82) is 0 Å². The number of rotatable bonds is 10. The molecule has 9 heteroatoms. The molecule has 8 nitrogen and oxygen atoms in total. The number of carbonyl (C=O) groups is 1. The molecule has 2 rings (SSSR count). The van der Waals surface area contributed by atoms with Crippen LogP contribution in [0.25, 0.3) is 0 Å². The zero-order valence-electron chi connectivity index (χ0n) is 18.6. The van der Waals surface area contributed by atoms with Crippen molar-refractivity contribution in [3.8, 4) is 5.75 Å². The Labute approximate surface area is 180 Å². The van der Waals surface area contributed by atoms with E-state index in [9.17, 15) is 4.79 Å². The van der Waals surface area contributed by atoms with Gasteiger partial charge in [0.25, 0.3) is 0 Å². The summed E-state index contributed by atoms with van der Waals surface area (Å²) in [6, 6.07) is 3.72. The zero-order valence-corrected chi connectivity index (χ0v) is 19.5. The van der Waals surface area contributed by atoms with Crippen LogP contribution in [0.3, 0.4) is 0 Å². The van der Waals surface area contributed by atoms with Crippen LogP contribution in [-0.4, -0.2) is 75.4 Å². The van der Waals surface area contributed by atoms with E-state index in [2.05, 4.69) is 50.3 Å². The molecule has 0 fully saturated rings. The van der Waals surface area contributed by atoms with Gasteiger partial charge in [0.2, 0.25) is 11.9 Å². The smallest absolute Gasteiger partial charge is 0.247 e. The van der Waals surface area contributed by atoms with E-state index in [0.717, 1.165) is 24.1 Å². The van der Waals surface area contributed by atoms with Crippen molar-refractivity contribution < 1.29 is 9.53 Å². The Morgan fingerprint density at radius 1 is 1.17 bits per heavy atom. The van der Waals surface area contributed by atoms with E-state index in [-0.39, 0.29) is 13.8 Å². The molecular weight excluding hydrogens is 399 g/mol. The minimum absolute atomic E-state index is 0.257. The number of benzene rings is 1. The molecule has 0 aliphatic rings. The van der Waals surface area contributed by atoms with Crippen LogP contribution in [0.15, 0.2) is 37.2 Å². The maximum Gasteiger partial charge on any atom is 0.247 e. The van der Waals surface area contributed by atoms with Gasteiger partial charge in [0.05, 0.1) is 24.2 Å². The first-order valence-electron chi connectivity index (χ1n) is 9.52. The summed E-state index contributed by atoms with van der Waals surface area (Å²) in [6.45, 7) is 9.51. The summed E-state index contributed by atoms with van der Waals surface area (Å²) in [5.74, 6) is 0.802. The summed E-state index contributed by atoms with van der Waals surface area (Å²) in [6.07, 6.45) is 4.91. The predicted molar refractivity (Wildman–Crippen MR) is 127 cm³/mol. The van der Waals surface area contributed by atoms with Gasteiger partial charge in [0.1, 0.15) is 5.75 Å². The molecule has 0 spiro atoms. The van der Waals surface area contributed by atoms with Crippen molar-refractivity contribution in [2.45, 2.75) is 0 Å². The molecule has 0 radical (unpaired) electrons. The van der Waals surface area contributed by atoms with Gasteiger partial charge in [-0.25, -0.2) is 9.97 Å². The van der Waals surface area contributed by atoms with Crippen molar-refractivity contribution in [3.63, 3.8) is 0 Å². The van der Waals surface area contributed by atoms with Gasteiger partial charge in [-0.1, -0.05) is 14.5 Å². The predicted octanol–water partition coefficient (Wildman–Crippen LogP) is 2.72. The van der Waals surface area contributed by atoms with Crippen LogP contribution in [0.1, 0.15) is 0 Å². The van der Waals surface area contributed by atoms with E-state index in [0.29, 0.717) is 23.1 Å². The van der Waals surface area contributed by atoms with Gasteiger partial charge in [-0.05, 0) is 39.6 Å². The fourth-order valence-electron chi connectivity index (χ4n) is 2.64. The van der Waals surface area contributed by atoms with E-state index in [4.69, 9.17) is 4.74 Å². The highest BCUT2D eigenvalue weighted by Gasteiger charge is 2.16. The molecule has 0 unspecified atom stereocenters. The second kappa shape index (κ2) is 10.9. The number of carbonyl (C=O) groups excluding carboxylic acids is 1. The van der Waals surface area contributed by atoms with E-state index in [1.165, 1.54) is 6.08 Å². The molecule has 2 aromatic rings. The lowest BCUT2D eigenvalue weighted by molar-refractivity contribution is -0.111. The molecule has 1 aromatic heterocycles. The van der Waals surface area contributed by atoms with Crippen LogP contribution < -0.4 is 25.6 Å². The number of hydrogen-bond acceptors (Lipinski definition) is 7. The van der Waals surface area contributed by atoms with Gasteiger partial charge in [-0.2, -0.15) is 0 Å². The number of anilines is 4. The molecule has 1 heterocycles. The first-order chi connectivity index (χ1) is 14.2. The molecule has 0 bridgehead atoms. The van der Waals surface area contributed by atoms with Crippen LogP contribution in [0, 0.1) is 0 Å². The second-order valence-corrected chi connectivity index (χ2v) is 9.58. The van der Waals surface area contributed by atoms with Crippen LogP contribution in [-0.2, 0) is 4.79 Å². The fourth-order valence-corrected chi connectivity index (χ4v) is 3.22. The molecule has 0 aliphatic heterocycles. The van der Waals surface area contributed by atoms with Crippen LogP contribution in [0.5, 0.6) is 5.75 Å². The number of nitrogens with zero attached hydrogens (tertiary/aromatic N) is 4. The Morgan fingerprint density at radius 3 is 2.37 bits per heavy atom. The van der Waals surface area contributed by atoms with Crippen LogP contribution in [0.2, 0.25) is 0 Å². The largest absolute Gasteiger partial charge is 0.494 e. The number of hydrogen-bond donors (Lipinski definition) is 2. The Bertz CT molecular complexity index is 871. The van der Waals surface area contributed by atoms with Crippen molar-refractivity contribution in [1.82, 2.24) is 14.9 Å². The third-order valence-electron chi connectivity index (χ3n) is 4.46. The number of likely N-dealkylation sites (N-methyl/N-ethyl adjacent to an activating group) is 2. The lowest BCUT2D eigenvalue weighted by Crippen LogP contribution is -2.29. The first kappa shape index (κ1) is 23.6.